The molecule has 0 saturated heterocycles. The van der Waals surface area contributed by atoms with Crippen molar-refractivity contribution in [1.82, 2.24) is 9.97 Å². The van der Waals surface area contributed by atoms with E-state index in [1.807, 2.05) is 60.7 Å². The molecule has 3 rings (SSSR count). The maximum absolute atomic E-state index is 9.55. The quantitative estimate of drug-likeness (QED) is 0.636. The van der Waals surface area contributed by atoms with Crippen molar-refractivity contribution in [1.29, 1.82) is 5.26 Å². The van der Waals surface area contributed by atoms with Crippen LogP contribution in [0.15, 0.2) is 82.7 Å². The molecule has 1 aromatic heterocycles. The third-order valence-corrected chi connectivity index (χ3v) is 3.80. The molecule has 0 spiro atoms. The Morgan fingerprint density at radius 2 is 1.50 bits per heavy atom. The van der Waals surface area contributed by atoms with E-state index in [-0.39, 0.29) is 0 Å². The number of nitrogens with zero attached hydrogens (tertiary/aromatic N) is 4. The van der Waals surface area contributed by atoms with E-state index in [2.05, 4.69) is 37.0 Å². The van der Waals surface area contributed by atoms with Gasteiger partial charge in [0, 0.05) is 11.1 Å². The minimum Gasteiger partial charge on any atom is -0.259 e. The van der Waals surface area contributed by atoms with Gasteiger partial charge in [0.1, 0.15) is 4.60 Å². The fraction of sp³-hybridized carbons (Fsp3) is 0.0526. The van der Waals surface area contributed by atoms with Crippen LogP contribution in [0.3, 0.4) is 0 Å². The summed E-state index contributed by atoms with van der Waals surface area (Å²) in [7, 11) is 0. The summed E-state index contributed by atoms with van der Waals surface area (Å²) in [6.07, 6.45) is 3.13. The number of aromatic nitrogens is 2. The van der Waals surface area contributed by atoms with Gasteiger partial charge in [0.2, 0.25) is 0 Å². The standard InChI is InChI=1S/C19H13BrN4/c20-18-13-22-17(12-23-18)16(11-21)24-19(14-7-3-1-4-8-14)15-9-5-2-6-10-15/h1-10,12-13,16H. The lowest BCUT2D eigenvalue weighted by Gasteiger charge is -2.10. The summed E-state index contributed by atoms with van der Waals surface area (Å²) in [5, 5.41) is 9.55. The van der Waals surface area contributed by atoms with Crippen LogP contribution >= 0.6 is 15.9 Å². The van der Waals surface area contributed by atoms with E-state index in [1.165, 1.54) is 0 Å². The van der Waals surface area contributed by atoms with Gasteiger partial charge in [-0.3, -0.25) is 9.98 Å². The smallest absolute Gasteiger partial charge is 0.180 e. The lowest BCUT2D eigenvalue weighted by atomic mass is 10.0. The van der Waals surface area contributed by atoms with Crippen molar-refractivity contribution in [2.75, 3.05) is 0 Å². The van der Waals surface area contributed by atoms with Crippen molar-refractivity contribution in [2.45, 2.75) is 6.04 Å². The molecule has 4 nitrogen and oxygen atoms in total. The van der Waals surface area contributed by atoms with Gasteiger partial charge in [-0.05, 0) is 15.9 Å². The highest BCUT2D eigenvalue weighted by atomic mass is 79.9. The Balaban J connectivity index is 2.09. The number of hydrogen-bond acceptors (Lipinski definition) is 4. The van der Waals surface area contributed by atoms with Crippen LogP contribution in [-0.4, -0.2) is 15.7 Å². The molecule has 0 aliphatic carbocycles. The fourth-order valence-corrected chi connectivity index (χ4v) is 2.47. The van der Waals surface area contributed by atoms with Gasteiger partial charge in [0.05, 0.1) is 29.9 Å². The highest BCUT2D eigenvalue weighted by Crippen LogP contribution is 2.19. The molecule has 1 heterocycles. The Morgan fingerprint density at radius 1 is 0.917 bits per heavy atom. The van der Waals surface area contributed by atoms with Gasteiger partial charge in [0.25, 0.3) is 0 Å². The second-order valence-electron chi connectivity index (χ2n) is 5.01. The number of nitriles is 1. The van der Waals surface area contributed by atoms with E-state index in [0.717, 1.165) is 16.8 Å². The van der Waals surface area contributed by atoms with Crippen LogP contribution in [0.4, 0.5) is 0 Å². The van der Waals surface area contributed by atoms with Crippen LogP contribution in [0.1, 0.15) is 22.9 Å². The van der Waals surface area contributed by atoms with Gasteiger partial charge in [-0.15, -0.1) is 0 Å². The van der Waals surface area contributed by atoms with Crippen LogP contribution in [0.25, 0.3) is 0 Å². The number of aliphatic imine (C=N–C) groups is 1. The molecule has 0 amide bonds. The second kappa shape index (κ2) is 7.62. The number of benzene rings is 2. The van der Waals surface area contributed by atoms with Crippen molar-refractivity contribution in [3.63, 3.8) is 0 Å². The Morgan fingerprint density at radius 3 is 1.96 bits per heavy atom. The summed E-state index contributed by atoms with van der Waals surface area (Å²) < 4.78 is 0.623. The monoisotopic (exact) mass is 376 g/mol. The molecule has 3 aromatic rings. The Hall–Kier alpha value is -2.84. The van der Waals surface area contributed by atoms with E-state index in [9.17, 15) is 5.26 Å². The number of rotatable bonds is 4. The lowest BCUT2D eigenvalue weighted by Crippen LogP contribution is -2.07. The van der Waals surface area contributed by atoms with E-state index in [1.54, 1.807) is 12.4 Å². The highest BCUT2D eigenvalue weighted by molar-refractivity contribution is 9.10. The minimum atomic E-state index is -0.721. The summed E-state index contributed by atoms with van der Waals surface area (Å²) in [4.78, 5) is 13.1. The van der Waals surface area contributed by atoms with Crippen LogP contribution < -0.4 is 0 Å². The van der Waals surface area contributed by atoms with E-state index >= 15 is 0 Å². The van der Waals surface area contributed by atoms with Crippen LogP contribution in [0.2, 0.25) is 0 Å². The number of halogens is 1. The van der Waals surface area contributed by atoms with Crippen molar-refractivity contribution in [3.8, 4) is 6.07 Å². The molecular formula is C19H13BrN4. The van der Waals surface area contributed by atoms with E-state index in [4.69, 9.17) is 0 Å². The maximum Gasteiger partial charge on any atom is 0.180 e. The summed E-state index contributed by atoms with van der Waals surface area (Å²) in [6, 6.07) is 21.1. The molecule has 1 unspecified atom stereocenters. The van der Waals surface area contributed by atoms with Gasteiger partial charge in [-0.25, -0.2) is 4.98 Å². The Labute approximate surface area is 148 Å². The molecule has 5 heteroatoms. The molecule has 0 radical (unpaired) electrons. The molecule has 1 atom stereocenters. The maximum atomic E-state index is 9.55. The SMILES string of the molecule is N#CC(N=C(c1ccccc1)c1ccccc1)c1cnc(Br)cn1. The third kappa shape index (κ3) is 3.73. The van der Waals surface area contributed by atoms with Crippen molar-refractivity contribution in [2.24, 2.45) is 4.99 Å². The highest BCUT2D eigenvalue weighted by Gasteiger charge is 2.15. The average molecular weight is 377 g/mol. The normalized spacial score (nSPS) is 11.3. The van der Waals surface area contributed by atoms with E-state index < -0.39 is 6.04 Å². The van der Waals surface area contributed by atoms with E-state index in [0.29, 0.717) is 10.3 Å². The van der Waals surface area contributed by atoms with Crippen molar-refractivity contribution in [3.05, 3.63) is 94.5 Å². The van der Waals surface area contributed by atoms with Crippen LogP contribution in [0, 0.1) is 11.3 Å². The first-order valence-corrected chi connectivity index (χ1v) is 8.13. The van der Waals surface area contributed by atoms with Crippen molar-refractivity contribution < 1.29 is 0 Å². The van der Waals surface area contributed by atoms with Gasteiger partial charge in [-0.2, -0.15) is 5.26 Å². The Bertz CT molecular complexity index is 827. The summed E-state index contributed by atoms with van der Waals surface area (Å²) >= 11 is 3.25. The topological polar surface area (TPSA) is 61.9 Å². The lowest BCUT2D eigenvalue weighted by molar-refractivity contribution is 0.859. The molecule has 0 N–H and O–H groups in total. The minimum absolute atomic E-state index is 0.519. The predicted molar refractivity (Wildman–Crippen MR) is 96.6 cm³/mol. The summed E-state index contributed by atoms with van der Waals surface area (Å²) in [5.41, 5.74) is 3.18. The first-order chi connectivity index (χ1) is 11.8. The molecule has 0 bridgehead atoms. The zero-order valence-corrected chi connectivity index (χ0v) is 14.3. The number of hydrogen-bond donors (Lipinski definition) is 0. The first kappa shape index (κ1) is 16.0. The Kier molecular flexibility index (Phi) is 5.09. The van der Waals surface area contributed by atoms with Gasteiger partial charge in [0.15, 0.2) is 6.04 Å². The first-order valence-electron chi connectivity index (χ1n) is 7.33. The average Bonchev–Trinajstić information content (AvgIpc) is 2.65. The molecule has 0 fully saturated rings. The molecular weight excluding hydrogens is 364 g/mol. The van der Waals surface area contributed by atoms with Crippen LogP contribution in [0.5, 0.6) is 0 Å². The zero-order valence-electron chi connectivity index (χ0n) is 12.7. The van der Waals surface area contributed by atoms with Gasteiger partial charge >= 0.3 is 0 Å². The van der Waals surface area contributed by atoms with Gasteiger partial charge < -0.3 is 0 Å². The molecule has 0 aliphatic rings. The fourth-order valence-electron chi connectivity index (χ4n) is 2.26. The molecule has 0 saturated carbocycles. The zero-order chi connectivity index (χ0) is 16.8. The molecule has 2 aromatic carbocycles. The van der Waals surface area contributed by atoms with Crippen molar-refractivity contribution >= 4 is 21.6 Å². The molecule has 0 aliphatic heterocycles. The predicted octanol–water partition coefficient (Wildman–Crippen LogP) is 4.34. The van der Waals surface area contributed by atoms with Crippen LogP contribution in [-0.2, 0) is 0 Å². The second-order valence-corrected chi connectivity index (χ2v) is 5.82. The third-order valence-electron chi connectivity index (χ3n) is 3.40. The largest absolute Gasteiger partial charge is 0.259 e. The molecule has 24 heavy (non-hydrogen) atoms. The summed E-state index contributed by atoms with van der Waals surface area (Å²) in [5.74, 6) is 0. The summed E-state index contributed by atoms with van der Waals surface area (Å²) in [6.45, 7) is 0. The van der Waals surface area contributed by atoms with Gasteiger partial charge in [-0.1, -0.05) is 60.7 Å². The molecule has 116 valence electrons.